The largest absolute Gasteiger partial charge is 0.376 e. The number of aromatic nitrogens is 2. The Morgan fingerprint density at radius 3 is 3.28 bits per heavy atom. The number of fused-ring (bicyclic) bond motifs is 1. The van der Waals surface area contributed by atoms with Gasteiger partial charge in [-0.15, -0.1) is 0 Å². The first-order valence-corrected chi connectivity index (χ1v) is 6.51. The molecule has 1 fully saturated rings. The molecule has 3 N–H and O–H groups in total. The smallest absolute Gasteiger partial charge is 0.255 e. The minimum absolute atomic E-state index is 0.0173. The number of ether oxygens (including phenoxy) is 1. The molecule has 0 amide bonds. The molecule has 3 rings (SSSR count). The molecule has 0 spiro atoms. The van der Waals surface area contributed by atoms with E-state index in [-0.39, 0.29) is 11.7 Å². The summed E-state index contributed by atoms with van der Waals surface area (Å²) in [6.45, 7) is 3.06. The third-order valence-corrected chi connectivity index (χ3v) is 3.47. The quantitative estimate of drug-likeness (QED) is 0.704. The molecule has 0 unspecified atom stereocenters. The van der Waals surface area contributed by atoms with Gasteiger partial charge in [-0.1, -0.05) is 0 Å². The molecule has 1 aromatic heterocycles. The highest BCUT2D eigenvalue weighted by atomic mass is 16.5. The van der Waals surface area contributed by atoms with Gasteiger partial charge in [-0.05, 0) is 25.8 Å². The highest BCUT2D eigenvalue weighted by Gasteiger charge is 2.17. The third kappa shape index (κ3) is 2.39. The molecule has 1 atom stereocenters. The lowest BCUT2D eigenvalue weighted by molar-refractivity contribution is 0.120. The third-order valence-electron chi connectivity index (χ3n) is 3.47. The molecule has 3 heterocycles. The van der Waals surface area contributed by atoms with Gasteiger partial charge in [0.05, 0.1) is 11.8 Å². The second-order valence-electron chi connectivity index (χ2n) is 4.78. The van der Waals surface area contributed by atoms with Crippen LogP contribution in [0.2, 0.25) is 0 Å². The van der Waals surface area contributed by atoms with Crippen molar-refractivity contribution >= 4 is 5.95 Å². The fourth-order valence-corrected chi connectivity index (χ4v) is 2.47. The van der Waals surface area contributed by atoms with Gasteiger partial charge < -0.3 is 15.4 Å². The van der Waals surface area contributed by atoms with Crippen molar-refractivity contribution in [3.63, 3.8) is 0 Å². The van der Waals surface area contributed by atoms with Crippen molar-refractivity contribution in [1.29, 1.82) is 0 Å². The number of rotatable bonds is 3. The highest BCUT2D eigenvalue weighted by molar-refractivity contribution is 5.31. The van der Waals surface area contributed by atoms with E-state index >= 15 is 0 Å². The summed E-state index contributed by atoms with van der Waals surface area (Å²) in [7, 11) is 0. The molecular formula is C12H18N4O2. The minimum atomic E-state index is -0.0173. The van der Waals surface area contributed by atoms with Gasteiger partial charge in [0.2, 0.25) is 5.95 Å². The van der Waals surface area contributed by atoms with Gasteiger partial charge in [-0.25, -0.2) is 4.98 Å². The Morgan fingerprint density at radius 2 is 2.44 bits per heavy atom. The molecule has 6 nitrogen and oxygen atoms in total. The Hall–Kier alpha value is -1.40. The molecule has 18 heavy (non-hydrogen) atoms. The van der Waals surface area contributed by atoms with Crippen LogP contribution in [0.5, 0.6) is 0 Å². The van der Waals surface area contributed by atoms with Crippen LogP contribution in [-0.2, 0) is 17.7 Å². The summed E-state index contributed by atoms with van der Waals surface area (Å²) >= 11 is 0. The van der Waals surface area contributed by atoms with Crippen LogP contribution in [0, 0.1) is 0 Å². The van der Waals surface area contributed by atoms with Gasteiger partial charge >= 0.3 is 0 Å². The van der Waals surface area contributed by atoms with Gasteiger partial charge in [0.25, 0.3) is 5.56 Å². The summed E-state index contributed by atoms with van der Waals surface area (Å²) < 4.78 is 5.52. The van der Waals surface area contributed by atoms with E-state index in [1.807, 2.05) is 0 Å². The van der Waals surface area contributed by atoms with Crippen LogP contribution < -0.4 is 16.2 Å². The van der Waals surface area contributed by atoms with E-state index in [1.54, 1.807) is 0 Å². The topological polar surface area (TPSA) is 79.0 Å². The van der Waals surface area contributed by atoms with Crippen LogP contribution in [0.3, 0.4) is 0 Å². The lowest BCUT2D eigenvalue weighted by Crippen LogP contribution is -2.32. The van der Waals surface area contributed by atoms with E-state index in [0.717, 1.165) is 43.7 Å². The molecule has 1 saturated heterocycles. The Kier molecular flexibility index (Phi) is 3.29. The lowest BCUT2D eigenvalue weighted by atomic mass is 10.1. The van der Waals surface area contributed by atoms with Crippen LogP contribution >= 0.6 is 0 Å². The van der Waals surface area contributed by atoms with Gasteiger partial charge in [0.1, 0.15) is 0 Å². The first-order valence-electron chi connectivity index (χ1n) is 6.51. The minimum Gasteiger partial charge on any atom is -0.376 e. The first kappa shape index (κ1) is 11.7. The second kappa shape index (κ2) is 5.07. The summed E-state index contributed by atoms with van der Waals surface area (Å²) in [4.78, 5) is 19.1. The van der Waals surface area contributed by atoms with Crippen molar-refractivity contribution < 1.29 is 4.74 Å². The average molecular weight is 250 g/mol. The number of hydrogen-bond donors (Lipinski definition) is 3. The summed E-state index contributed by atoms with van der Waals surface area (Å²) in [5, 5.41) is 6.38. The number of nitrogens with zero attached hydrogens (tertiary/aromatic N) is 1. The fourth-order valence-electron chi connectivity index (χ4n) is 2.47. The molecule has 1 aromatic rings. The van der Waals surface area contributed by atoms with Crippen LogP contribution in [0.4, 0.5) is 5.95 Å². The van der Waals surface area contributed by atoms with Crippen molar-refractivity contribution in [3.05, 3.63) is 21.6 Å². The molecule has 2 aliphatic heterocycles. The van der Waals surface area contributed by atoms with Crippen molar-refractivity contribution in [2.24, 2.45) is 0 Å². The maximum atomic E-state index is 11.9. The SMILES string of the molecule is O=c1[nH]c(NC[C@@H]2CCCO2)nc2c1CCNC2. The summed E-state index contributed by atoms with van der Waals surface area (Å²) in [5.41, 5.74) is 1.66. The normalized spacial score (nSPS) is 22.8. The van der Waals surface area contributed by atoms with Gasteiger partial charge in [0, 0.05) is 25.3 Å². The molecular weight excluding hydrogens is 232 g/mol. The number of nitrogens with one attached hydrogen (secondary N) is 3. The molecule has 0 radical (unpaired) electrons. The zero-order valence-corrected chi connectivity index (χ0v) is 10.3. The van der Waals surface area contributed by atoms with Gasteiger partial charge in [0.15, 0.2) is 0 Å². The molecule has 2 aliphatic rings. The Balaban J connectivity index is 1.72. The van der Waals surface area contributed by atoms with E-state index in [2.05, 4.69) is 20.6 Å². The van der Waals surface area contributed by atoms with Crippen LogP contribution in [0.1, 0.15) is 24.1 Å². The van der Waals surface area contributed by atoms with E-state index < -0.39 is 0 Å². The van der Waals surface area contributed by atoms with Crippen LogP contribution in [-0.4, -0.2) is 35.8 Å². The zero-order valence-electron chi connectivity index (χ0n) is 10.3. The number of H-pyrrole nitrogens is 1. The number of aromatic amines is 1. The molecule has 98 valence electrons. The number of hydrogen-bond acceptors (Lipinski definition) is 5. The lowest BCUT2D eigenvalue weighted by Gasteiger charge is -2.17. The van der Waals surface area contributed by atoms with E-state index in [0.29, 0.717) is 19.0 Å². The maximum absolute atomic E-state index is 11.9. The maximum Gasteiger partial charge on any atom is 0.255 e. The van der Waals surface area contributed by atoms with Gasteiger partial charge in [-0.2, -0.15) is 0 Å². The van der Waals surface area contributed by atoms with E-state index in [4.69, 9.17) is 4.74 Å². The highest BCUT2D eigenvalue weighted by Crippen LogP contribution is 2.13. The molecule has 0 saturated carbocycles. The van der Waals surface area contributed by atoms with Crippen molar-refractivity contribution in [1.82, 2.24) is 15.3 Å². The number of anilines is 1. The van der Waals surface area contributed by atoms with Crippen LogP contribution in [0.15, 0.2) is 4.79 Å². The fraction of sp³-hybridized carbons (Fsp3) is 0.667. The second-order valence-corrected chi connectivity index (χ2v) is 4.78. The summed E-state index contributed by atoms with van der Waals surface area (Å²) in [6, 6.07) is 0. The van der Waals surface area contributed by atoms with Crippen molar-refractivity contribution in [2.45, 2.75) is 31.9 Å². The zero-order chi connectivity index (χ0) is 12.4. The van der Waals surface area contributed by atoms with Crippen molar-refractivity contribution in [2.75, 3.05) is 25.0 Å². The average Bonchev–Trinajstić information content (AvgIpc) is 2.90. The molecule has 0 bridgehead atoms. The van der Waals surface area contributed by atoms with E-state index in [1.165, 1.54) is 0 Å². The first-order chi connectivity index (χ1) is 8.83. The molecule has 0 aliphatic carbocycles. The van der Waals surface area contributed by atoms with Crippen molar-refractivity contribution in [3.8, 4) is 0 Å². The Labute approximate surface area is 105 Å². The molecule has 6 heteroatoms. The van der Waals surface area contributed by atoms with E-state index in [9.17, 15) is 4.79 Å². The predicted octanol–water partition coefficient (Wildman–Crippen LogP) is 0.00650. The standard InChI is InChI=1S/C12H18N4O2/c17-11-9-3-4-13-7-10(9)15-12(16-11)14-6-8-2-1-5-18-8/h8,13H,1-7H2,(H2,14,15,16,17)/t8-/m0/s1. The van der Waals surface area contributed by atoms with Gasteiger partial charge in [-0.3, -0.25) is 9.78 Å². The predicted molar refractivity (Wildman–Crippen MR) is 67.7 cm³/mol. The Morgan fingerprint density at radius 1 is 1.50 bits per heavy atom. The summed E-state index contributed by atoms with van der Waals surface area (Å²) in [6.07, 6.45) is 3.18. The Bertz CT molecular complexity index is 479. The monoisotopic (exact) mass is 250 g/mol. The van der Waals surface area contributed by atoms with Crippen LogP contribution in [0.25, 0.3) is 0 Å². The summed E-state index contributed by atoms with van der Waals surface area (Å²) in [5.74, 6) is 0.554. The molecule has 0 aromatic carbocycles.